The first-order valence-electron chi connectivity index (χ1n) is 7.31. The highest BCUT2D eigenvalue weighted by atomic mass is 15.3. The van der Waals surface area contributed by atoms with E-state index >= 15 is 0 Å². The monoisotopic (exact) mass is 322 g/mol. The molecule has 3 aromatic rings. The molecule has 0 atom stereocenters. The first kappa shape index (κ1) is 15.5. The Hall–Kier alpha value is -3.42. The lowest BCUT2D eigenvalue weighted by Gasteiger charge is -2.07. The minimum absolute atomic E-state index is 0.0270. The molecule has 0 radical (unpaired) electrons. The highest BCUT2D eigenvalue weighted by Crippen LogP contribution is 2.25. The fourth-order valence-corrected chi connectivity index (χ4v) is 2.47. The minimum Gasteiger partial charge on any atom is -0.370 e. The van der Waals surface area contributed by atoms with Crippen LogP contribution in [-0.2, 0) is 0 Å². The fraction of sp³-hybridized carbons (Fsp3) is 0.125. The Morgan fingerprint density at radius 2 is 1.88 bits per heavy atom. The molecule has 24 heavy (non-hydrogen) atoms. The summed E-state index contributed by atoms with van der Waals surface area (Å²) in [4.78, 5) is 12.7. The van der Waals surface area contributed by atoms with Gasteiger partial charge in [0.1, 0.15) is 0 Å². The molecule has 0 unspecified atom stereocenters. The van der Waals surface area contributed by atoms with Gasteiger partial charge in [0.2, 0.25) is 5.96 Å². The van der Waals surface area contributed by atoms with Crippen LogP contribution in [0.1, 0.15) is 11.4 Å². The number of benzene rings is 1. The molecule has 0 bridgehead atoms. The zero-order valence-electron chi connectivity index (χ0n) is 13.4. The number of aromatic nitrogens is 3. The normalized spacial score (nSPS) is 11.7. The maximum absolute atomic E-state index is 5.73. The van der Waals surface area contributed by atoms with E-state index in [1.54, 1.807) is 10.7 Å². The summed E-state index contributed by atoms with van der Waals surface area (Å²) in [7, 11) is 0. The summed E-state index contributed by atoms with van der Waals surface area (Å²) >= 11 is 0. The van der Waals surface area contributed by atoms with E-state index in [0.29, 0.717) is 17.0 Å². The number of para-hydroxylation sites is 1. The lowest BCUT2D eigenvalue weighted by atomic mass is 10.2. The Morgan fingerprint density at radius 1 is 1.08 bits per heavy atom. The number of nitrogens with zero attached hydrogens (tertiary/aromatic N) is 5. The summed E-state index contributed by atoms with van der Waals surface area (Å²) in [6.45, 7) is 3.92. The van der Waals surface area contributed by atoms with E-state index in [-0.39, 0.29) is 11.9 Å². The summed E-state index contributed by atoms with van der Waals surface area (Å²) < 4.78 is 1.79. The summed E-state index contributed by atoms with van der Waals surface area (Å²) in [6.07, 6.45) is 0. The molecule has 1 aromatic carbocycles. The molecule has 6 N–H and O–H groups in total. The molecular weight excluding hydrogens is 304 g/mol. The Bertz CT molecular complexity index is 963. The van der Waals surface area contributed by atoms with Gasteiger partial charge in [-0.2, -0.15) is 10.1 Å². The maximum Gasteiger partial charge on any atom is 0.223 e. The van der Waals surface area contributed by atoms with Crippen molar-refractivity contribution in [3.8, 4) is 5.82 Å². The van der Waals surface area contributed by atoms with E-state index in [9.17, 15) is 0 Å². The third-order valence-corrected chi connectivity index (χ3v) is 3.39. The molecule has 0 spiro atoms. The Kier molecular flexibility index (Phi) is 3.87. The van der Waals surface area contributed by atoms with Crippen molar-refractivity contribution in [2.24, 2.45) is 27.2 Å². The second-order valence-corrected chi connectivity index (χ2v) is 5.36. The van der Waals surface area contributed by atoms with Crippen molar-refractivity contribution in [2.45, 2.75) is 13.8 Å². The van der Waals surface area contributed by atoms with Crippen molar-refractivity contribution < 1.29 is 0 Å². The molecular formula is C16H18N8. The molecule has 2 heterocycles. The number of rotatable bonds is 2. The van der Waals surface area contributed by atoms with E-state index < -0.39 is 0 Å². The molecule has 2 aromatic heterocycles. The number of aliphatic imine (C=N–C) groups is 2. The largest absolute Gasteiger partial charge is 0.370 e. The average Bonchev–Trinajstić information content (AvgIpc) is 2.85. The molecule has 122 valence electrons. The van der Waals surface area contributed by atoms with Crippen LogP contribution in [0, 0.1) is 13.8 Å². The lowest BCUT2D eigenvalue weighted by Crippen LogP contribution is -2.26. The van der Waals surface area contributed by atoms with Crippen molar-refractivity contribution in [3.63, 3.8) is 0 Å². The summed E-state index contributed by atoms with van der Waals surface area (Å²) in [5.74, 6) is 0.532. The van der Waals surface area contributed by atoms with Crippen LogP contribution in [0.4, 0.5) is 5.69 Å². The van der Waals surface area contributed by atoms with Gasteiger partial charge in [0.25, 0.3) is 0 Å². The van der Waals surface area contributed by atoms with Crippen molar-refractivity contribution in [2.75, 3.05) is 0 Å². The molecule has 0 aliphatic rings. The standard InChI is InChI=1S/C16H18N8/c1-9-8-10(2)24(23-9)13-7-6-11-4-3-5-12(14(11)21-13)20-16(19)22-15(17)18/h3-8H,1-2H3,(H6,17,18,19,20,22). The highest BCUT2D eigenvalue weighted by Gasteiger charge is 2.08. The van der Waals surface area contributed by atoms with Crippen LogP contribution in [-0.4, -0.2) is 26.7 Å². The van der Waals surface area contributed by atoms with Crippen LogP contribution in [0.15, 0.2) is 46.4 Å². The summed E-state index contributed by atoms with van der Waals surface area (Å²) in [5.41, 5.74) is 19.6. The maximum atomic E-state index is 5.73. The molecule has 0 aliphatic carbocycles. The topological polar surface area (TPSA) is 133 Å². The van der Waals surface area contributed by atoms with Crippen molar-refractivity contribution in [3.05, 3.63) is 47.8 Å². The van der Waals surface area contributed by atoms with E-state index in [2.05, 4.69) is 20.1 Å². The second kappa shape index (κ2) is 5.99. The van der Waals surface area contributed by atoms with Gasteiger partial charge < -0.3 is 17.2 Å². The van der Waals surface area contributed by atoms with Crippen LogP contribution >= 0.6 is 0 Å². The number of aryl methyl sites for hydroxylation is 2. The number of nitrogens with two attached hydrogens (primary N) is 3. The predicted octanol–water partition coefficient (Wildman–Crippen LogP) is 1.26. The SMILES string of the molecule is Cc1cc(C)n(-c2ccc3cccc(N=C(N)N=C(N)N)c3n2)n1. The molecule has 8 heteroatoms. The van der Waals surface area contributed by atoms with Crippen LogP contribution in [0.5, 0.6) is 0 Å². The number of fused-ring (bicyclic) bond motifs is 1. The Balaban J connectivity index is 2.16. The van der Waals surface area contributed by atoms with Crippen LogP contribution in [0.3, 0.4) is 0 Å². The Morgan fingerprint density at radius 3 is 2.54 bits per heavy atom. The van der Waals surface area contributed by atoms with Gasteiger partial charge >= 0.3 is 0 Å². The molecule has 8 nitrogen and oxygen atoms in total. The zero-order chi connectivity index (χ0) is 17.3. The minimum atomic E-state index is -0.146. The number of pyridine rings is 1. The molecule has 0 saturated heterocycles. The number of guanidine groups is 2. The Labute approximate surface area is 138 Å². The smallest absolute Gasteiger partial charge is 0.223 e. The summed E-state index contributed by atoms with van der Waals surface area (Å²) in [6, 6.07) is 11.5. The molecule has 0 amide bonds. The molecule has 0 fully saturated rings. The first-order valence-corrected chi connectivity index (χ1v) is 7.31. The van der Waals surface area contributed by atoms with Gasteiger partial charge in [-0.1, -0.05) is 12.1 Å². The quantitative estimate of drug-likeness (QED) is 0.482. The second-order valence-electron chi connectivity index (χ2n) is 5.36. The zero-order valence-corrected chi connectivity index (χ0v) is 13.4. The van der Waals surface area contributed by atoms with Gasteiger partial charge in [-0.05, 0) is 38.1 Å². The van der Waals surface area contributed by atoms with Crippen molar-refractivity contribution >= 4 is 28.5 Å². The number of hydrogen-bond donors (Lipinski definition) is 3. The van der Waals surface area contributed by atoms with Gasteiger partial charge in [-0.3, -0.25) is 0 Å². The van der Waals surface area contributed by atoms with Gasteiger partial charge in [0.05, 0.1) is 16.9 Å². The van der Waals surface area contributed by atoms with Gasteiger partial charge in [0.15, 0.2) is 11.8 Å². The van der Waals surface area contributed by atoms with E-state index in [1.807, 2.05) is 44.2 Å². The number of hydrogen-bond acceptors (Lipinski definition) is 3. The van der Waals surface area contributed by atoms with Crippen molar-refractivity contribution in [1.29, 1.82) is 0 Å². The lowest BCUT2D eigenvalue weighted by molar-refractivity contribution is 0.810. The summed E-state index contributed by atoms with van der Waals surface area (Å²) in [5, 5.41) is 5.39. The van der Waals surface area contributed by atoms with Crippen LogP contribution in [0.2, 0.25) is 0 Å². The predicted molar refractivity (Wildman–Crippen MR) is 95.4 cm³/mol. The van der Waals surface area contributed by atoms with E-state index in [1.165, 1.54) is 0 Å². The average molecular weight is 322 g/mol. The molecule has 3 rings (SSSR count). The highest BCUT2D eigenvalue weighted by molar-refractivity contribution is 5.97. The van der Waals surface area contributed by atoms with Crippen LogP contribution in [0.25, 0.3) is 16.7 Å². The fourth-order valence-electron chi connectivity index (χ4n) is 2.47. The van der Waals surface area contributed by atoms with E-state index in [4.69, 9.17) is 17.2 Å². The third kappa shape index (κ3) is 3.02. The van der Waals surface area contributed by atoms with Crippen molar-refractivity contribution in [1.82, 2.24) is 14.8 Å². The molecule has 0 aliphatic heterocycles. The molecule has 0 saturated carbocycles. The van der Waals surface area contributed by atoms with Gasteiger partial charge in [0, 0.05) is 11.1 Å². The third-order valence-electron chi connectivity index (χ3n) is 3.39. The van der Waals surface area contributed by atoms with Gasteiger partial charge in [-0.15, -0.1) is 0 Å². The van der Waals surface area contributed by atoms with E-state index in [0.717, 1.165) is 16.8 Å². The first-order chi connectivity index (χ1) is 11.4. The van der Waals surface area contributed by atoms with Crippen LogP contribution < -0.4 is 17.2 Å². The van der Waals surface area contributed by atoms with Gasteiger partial charge in [-0.25, -0.2) is 14.7 Å².